The first-order valence-corrected chi connectivity index (χ1v) is 20.7. The normalized spacial score (nSPS) is 12.4. The van der Waals surface area contributed by atoms with Crippen molar-refractivity contribution >= 4 is 81.6 Å². The Morgan fingerprint density at radius 1 is 0.597 bits per heavy atom. The van der Waals surface area contributed by atoms with Gasteiger partial charge in [-0.1, -0.05) is 146 Å². The molecular weight excluding hydrogens is 935 g/mol. The standard InChI is InChI=1S/C41H23N2O.C16H18N.Ir/c1-2-12-26-24-38-35(23-25(26)11-1)33-19-9-20-34(40(33)44-38)41-42-36-21-10-18-32-30-16-6-4-14-28(30)27-13-3-5-15-29(27)31-17-7-8-22-37(31)43(41)39(32)36;1-16(2,3)12-13-9-10-17-15(11-13)14-7-5-4-6-8-14;/h1-19,21-24H;4-7,9-11H,12H2,1-3H3;/q2*-1;/i;12D2;. The van der Waals surface area contributed by atoms with Crippen molar-refractivity contribution in [1.29, 1.82) is 0 Å². The number of hydrogen-bond donors (Lipinski definition) is 0. The predicted octanol–water partition coefficient (Wildman–Crippen LogP) is 15.2. The number of aromatic nitrogens is 3. The van der Waals surface area contributed by atoms with Crippen molar-refractivity contribution < 1.29 is 27.3 Å². The van der Waals surface area contributed by atoms with Crippen molar-refractivity contribution in [2.24, 2.45) is 5.41 Å². The van der Waals surface area contributed by atoms with E-state index in [1.54, 1.807) is 12.3 Å². The van der Waals surface area contributed by atoms with Gasteiger partial charge in [0.25, 0.3) is 0 Å². The molecule has 8 aromatic carbocycles. The van der Waals surface area contributed by atoms with Crippen molar-refractivity contribution in [1.82, 2.24) is 14.4 Å². The predicted molar refractivity (Wildman–Crippen MR) is 255 cm³/mol. The molecule has 4 nitrogen and oxygen atoms in total. The van der Waals surface area contributed by atoms with Crippen LogP contribution in [0.2, 0.25) is 0 Å². The summed E-state index contributed by atoms with van der Waals surface area (Å²) in [5.41, 5.74) is 7.41. The van der Waals surface area contributed by atoms with E-state index in [2.05, 4.69) is 155 Å². The maximum atomic E-state index is 8.31. The average molecular weight is 978 g/mol. The molecule has 12 rings (SSSR count). The van der Waals surface area contributed by atoms with E-state index in [1.165, 1.54) is 26.9 Å². The summed E-state index contributed by atoms with van der Waals surface area (Å²) >= 11 is 0. The van der Waals surface area contributed by atoms with Crippen LogP contribution >= 0.6 is 0 Å². The Morgan fingerprint density at radius 3 is 1.97 bits per heavy atom. The second-order valence-corrected chi connectivity index (χ2v) is 16.5. The minimum Gasteiger partial charge on any atom is -0.501 e. The van der Waals surface area contributed by atoms with Crippen LogP contribution in [0.4, 0.5) is 0 Å². The van der Waals surface area contributed by atoms with Gasteiger partial charge < -0.3 is 13.8 Å². The summed E-state index contributed by atoms with van der Waals surface area (Å²) in [4.78, 5) is 9.65. The molecule has 0 atom stereocenters. The number of rotatable bonds is 3. The largest absolute Gasteiger partial charge is 0.501 e. The number of para-hydroxylation sites is 2. The van der Waals surface area contributed by atoms with Crippen molar-refractivity contribution in [3.8, 4) is 22.6 Å². The summed E-state index contributed by atoms with van der Waals surface area (Å²) in [7, 11) is 0. The van der Waals surface area contributed by atoms with E-state index in [-0.39, 0.29) is 20.1 Å². The Morgan fingerprint density at radius 2 is 1.24 bits per heavy atom. The van der Waals surface area contributed by atoms with Gasteiger partial charge in [0.2, 0.25) is 0 Å². The topological polar surface area (TPSA) is 43.3 Å². The zero-order valence-electron chi connectivity index (χ0n) is 36.4. The van der Waals surface area contributed by atoms with Gasteiger partial charge in [0.1, 0.15) is 5.58 Å². The van der Waals surface area contributed by atoms with E-state index >= 15 is 0 Å². The Labute approximate surface area is 376 Å². The van der Waals surface area contributed by atoms with Crippen LogP contribution in [0.5, 0.6) is 0 Å². The average Bonchev–Trinajstić information content (AvgIpc) is 3.90. The quantitative estimate of drug-likeness (QED) is 0.166. The van der Waals surface area contributed by atoms with Crippen molar-refractivity contribution in [3.63, 3.8) is 0 Å². The Bertz CT molecular complexity index is 3770. The fourth-order valence-corrected chi connectivity index (χ4v) is 8.78. The molecule has 5 heteroatoms. The number of hydrogen-bond acceptors (Lipinski definition) is 3. The third-order valence-corrected chi connectivity index (χ3v) is 11.3. The smallest absolute Gasteiger partial charge is 0.121 e. The Kier molecular flexibility index (Phi) is 9.43. The minimum absolute atomic E-state index is 0. The summed E-state index contributed by atoms with van der Waals surface area (Å²) in [6.45, 7) is 5.71. The molecule has 4 heterocycles. The summed E-state index contributed by atoms with van der Waals surface area (Å²) in [6, 6.07) is 67.3. The summed E-state index contributed by atoms with van der Waals surface area (Å²) in [5.74, 6) is 0.811. The van der Waals surface area contributed by atoms with Gasteiger partial charge >= 0.3 is 0 Å². The zero-order valence-corrected chi connectivity index (χ0v) is 36.8. The third kappa shape index (κ3) is 6.94. The third-order valence-electron chi connectivity index (χ3n) is 11.3. The molecule has 4 aromatic heterocycles. The van der Waals surface area contributed by atoms with Gasteiger partial charge in [0, 0.05) is 50.7 Å². The molecule has 0 bridgehead atoms. The van der Waals surface area contributed by atoms with Crippen LogP contribution in [0.3, 0.4) is 0 Å². The van der Waals surface area contributed by atoms with Crippen LogP contribution in [-0.4, -0.2) is 14.4 Å². The monoisotopic (exact) mass is 978 g/mol. The van der Waals surface area contributed by atoms with Crippen molar-refractivity contribution in [3.05, 3.63) is 200 Å². The van der Waals surface area contributed by atoms with Gasteiger partial charge in [-0.15, -0.1) is 54.1 Å². The van der Waals surface area contributed by atoms with Crippen LogP contribution in [0.15, 0.2) is 187 Å². The molecule has 62 heavy (non-hydrogen) atoms. The Hall–Kier alpha value is -6.91. The van der Waals surface area contributed by atoms with E-state index in [1.807, 2.05) is 57.2 Å². The fourth-order valence-electron chi connectivity index (χ4n) is 8.78. The van der Waals surface area contributed by atoms with Gasteiger partial charge in [-0.25, -0.2) is 0 Å². The molecule has 301 valence electrons. The molecule has 0 amide bonds. The summed E-state index contributed by atoms with van der Waals surface area (Å²) < 4.78 is 25.6. The first-order valence-electron chi connectivity index (χ1n) is 21.7. The van der Waals surface area contributed by atoms with Crippen LogP contribution in [0.1, 0.15) is 29.1 Å². The van der Waals surface area contributed by atoms with E-state index in [9.17, 15) is 0 Å². The number of nitrogens with zero attached hydrogens (tertiary/aromatic N) is 3. The fraction of sp³-hybridized carbons (Fsp3) is 0.0877. The van der Waals surface area contributed by atoms with E-state index < -0.39 is 11.8 Å². The second kappa shape index (κ2) is 15.8. The second-order valence-electron chi connectivity index (χ2n) is 16.5. The molecule has 0 saturated heterocycles. The summed E-state index contributed by atoms with van der Waals surface area (Å²) in [5, 5.41) is 11.6. The molecular formula is C57H41IrN3O-2. The zero-order chi connectivity index (χ0) is 42.9. The number of fused-ring (bicyclic) bond motifs is 11. The molecule has 0 spiro atoms. The SMILES string of the molecule is [2H]C([2H])(c1ccnc(-c2[c-]cccc2)c1)C(C)(C)C.[Ir].[c-]1ccc2c(oc3cc4ccccc4cc32)c1-c1nc2cccc3c4ccccc4c4ccccc4c4ccccc4n1c23. The molecule has 12 aromatic rings. The Balaban J connectivity index is 0.000000205. The van der Waals surface area contributed by atoms with E-state index in [4.69, 9.17) is 12.1 Å². The number of pyridine rings is 1. The first kappa shape index (κ1) is 36.9. The molecule has 0 aliphatic rings. The van der Waals surface area contributed by atoms with Crippen LogP contribution < -0.4 is 0 Å². The van der Waals surface area contributed by atoms with Crippen LogP contribution in [0.25, 0.3) is 104 Å². The number of imidazole rings is 1. The van der Waals surface area contributed by atoms with Crippen molar-refractivity contribution in [2.75, 3.05) is 0 Å². The molecule has 1 radical (unpaired) electrons. The van der Waals surface area contributed by atoms with Gasteiger partial charge in [-0.3, -0.25) is 4.98 Å². The molecule has 0 saturated carbocycles. The van der Waals surface area contributed by atoms with Gasteiger partial charge in [-0.2, -0.15) is 0 Å². The molecule has 0 aliphatic carbocycles. The molecule has 0 N–H and O–H groups in total. The van der Waals surface area contributed by atoms with Crippen molar-refractivity contribution in [2.45, 2.75) is 27.1 Å². The van der Waals surface area contributed by atoms with Gasteiger partial charge in [0.15, 0.2) is 0 Å². The maximum absolute atomic E-state index is 8.31. The number of benzene rings is 8. The maximum Gasteiger partial charge on any atom is 0.121 e. The van der Waals surface area contributed by atoms with Gasteiger partial charge in [-0.05, 0) is 80.1 Å². The van der Waals surface area contributed by atoms with Crippen LogP contribution in [-0.2, 0) is 26.5 Å². The first-order chi connectivity index (χ1) is 30.7. The molecule has 0 aliphatic heterocycles. The minimum atomic E-state index is -1.40. The molecule has 0 fully saturated rings. The van der Waals surface area contributed by atoms with E-state index in [0.29, 0.717) is 5.56 Å². The van der Waals surface area contributed by atoms with Gasteiger partial charge in [0.05, 0.1) is 22.4 Å². The van der Waals surface area contributed by atoms with E-state index in [0.717, 1.165) is 77.3 Å². The number of furan rings is 1. The van der Waals surface area contributed by atoms with Crippen LogP contribution in [0, 0.1) is 17.5 Å². The summed E-state index contributed by atoms with van der Waals surface area (Å²) in [6.07, 6.45) is 0.258. The molecule has 0 unspecified atom stereocenters.